The van der Waals surface area contributed by atoms with Crippen molar-refractivity contribution in [2.75, 3.05) is 0 Å². The maximum Gasteiger partial charge on any atom is 0.294 e. The number of hydrogen-bond donors (Lipinski definition) is 0. The van der Waals surface area contributed by atoms with E-state index in [0.717, 1.165) is 5.52 Å². The Kier molecular flexibility index (Phi) is 2.28. The number of aliphatic imine (C=N–C) groups is 1. The molecule has 1 aliphatic heterocycles. The molecule has 0 saturated heterocycles. The van der Waals surface area contributed by atoms with Crippen molar-refractivity contribution in [2.45, 2.75) is 0 Å². The summed E-state index contributed by atoms with van der Waals surface area (Å²) in [5.41, 5.74) is 1.86. The zero-order valence-corrected chi connectivity index (χ0v) is 9.90. The van der Waals surface area contributed by atoms with Gasteiger partial charge < -0.3 is 0 Å². The van der Waals surface area contributed by atoms with E-state index < -0.39 is 0 Å². The van der Waals surface area contributed by atoms with E-state index in [1.807, 2.05) is 0 Å². The minimum absolute atomic E-state index is 0.296. The number of nitrogens with zero attached hydrogens (tertiary/aromatic N) is 3. The van der Waals surface area contributed by atoms with Gasteiger partial charge in [-0.25, -0.2) is 9.98 Å². The Bertz CT molecular complexity index is 700. The summed E-state index contributed by atoms with van der Waals surface area (Å²) in [5.74, 6) is -0.296. The van der Waals surface area contributed by atoms with E-state index in [4.69, 9.17) is 23.2 Å². The van der Waals surface area contributed by atoms with Crippen molar-refractivity contribution in [3.63, 3.8) is 0 Å². The summed E-state index contributed by atoms with van der Waals surface area (Å²) in [6.07, 6.45) is 4.64. The van der Waals surface area contributed by atoms with Crippen LogP contribution in [0.5, 0.6) is 0 Å². The second-order valence-electron chi connectivity index (χ2n) is 3.50. The molecule has 0 unspecified atom stereocenters. The fourth-order valence-electron chi connectivity index (χ4n) is 1.69. The number of allylic oxidation sites excluding steroid dienone is 1. The molecule has 0 saturated carbocycles. The number of halogens is 2. The molecule has 1 amide bonds. The summed E-state index contributed by atoms with van der Waals surface area (Å²) in [5, 5.41) is 0.861. The standard InChI is InChI=1S/C11H5Cl2N3O/c12-6-3-8-10(4-7(6)13)16(5-15-8)9-1-2-14-11(9)17/h1-5H. The lowest BCUT2D eigenvalue weighted by Gasteiger charge is -2.03. The fraction of sp³-hybridized carbons (Fsp3) is 0. The lowest BCUT2D eigenvalue weighted by atomic mass is 10.3. The van der Waals surface area contributed by atoms with Crippen molar-refractivity contribution < 1.29 is 4.79 Å². The summed E-state index contributed by atoms with van der Waals surface area (Å²) < 4.78 is 1.65. The first-order valence-electron chi connectivity index (χ1n) is 4.78. The van der Waals surface area contributed by atoms with E-state index in [0.29, 0.717) is 21.3 Å². The third-order valence-electron chi connectivity index (χ3n) is 2.49. The van der Waals surface area contributed by atoms with Crippen molar-refractivity contribution >= 4 is 52.1 Å². The summed E-state index contributed by atoms with van der Waals surface area (Å²) in [6.45, 7) is 0. The minimum Gasteiger partial charge on any atom is -0.294 e. The summed E-state index contributed by atoms with van der Waals surface area (Å²) >= 11 is 11.8. The number of hydrogen-bond acceptors (Lipinski definition) is 2. The SMILES string of the molecule is O=C1N=CC=C1n1cnc2cc(Cl)c(Cl)cc21. The fourth-order valence-corrected chi connectivity index (χ4v) is 2.01. The zero-order chi connectivity index (χ0) is 12.0. The predicted molar refractivity (Wildman–Crippen MR) is 67.5 cm³/mol. The quantitative estimate of drug-likeness (QED) is 0.796. The molecule has 0 atom stereocenters. The zero-order valence-electron chi connectivity index (χ0n) is 8.39. The molecular weight excluding hydrogens is 261 g/mol. The highest BCUT2D eigenvalue weighted by atomic mass is 35.5. The van der Waals surface area contributed by atoms with E-state index in [9.17, 15) is 4.79 Å². The summed E-state index contributed by atoms with van der Waals surface area (Å²) in [4.78, 5) is 19.3. The first-order valence-corrected chi connectivity index (χ1v) is 5.53. The van der Waals surface area contributed by atoms with E-state index >= 15 is 0 Å². The first kappa shape index (κ1) is 10.5. The van der Waals surface area contributed by atoms with Crippen LogP contribution in [-0.4, -0.2) is 21.7 Å². The van der Waals surface area contributed by atoms with Crippen LogP contribution < -0.4 is 0 Å². The minimum atomic E-state index is -0.296. The lowest BCUT2D eigenvalue weighted by molar-refractivity contribution is -0.112. The molecule has 1 aromatic heterocycles. The molecule has 0 aliphatic carbocycles. The number of imidazole rings is 1. The summed E-state index contributed by atoms with van der Waals surface area (Å²) in [7, 11) is 0. The van der Waals surface area contributed by atoms with Gasteiger partial charge in [0.05, 0.1) is 21.1 Å². The van der Waals surface area contributed by atoms with Crippen molar-refractivity contribution in [3.05, 3.63) is 34.6 Å². The Morgan fingerprint density at radius 1 is 1.18 bits per heavy atom. The molecule has 1 aliphatic rings. The molecular formula is C11H5Cl2N3O. The number of fused-ring (bicyclic) bond motifs is 1. The number of carbonyl (C=O) groups is 1. The van der Waals surface area contributed by atoms with E-state index in [1.54, 1.807) is 29.1 Å². The largest absolute Gasteiger partial charge is 0.294 e. The van der Waals surface area contributed by atoms with Gasteiger partial charge in [0.25, 0.3) is 5.91 Å². The maximum absolute atomic E-state index is 11.5. The molecule has 17 heavy (non-hydrogen) atoms. The second kappa shape index (κ2) is 3.68. The molecule has 0 radical (unpaired) electrons. The van der Waals surface area contributed by atoms with Gasteiger partial charge in [0.1, 0.15) is 12.0 Å². The highest BCUT2D eigenvalue weighted by Crippen LogP contribution is 2.29. The third kappa shape index (κ3) is 1.57. The van der Waals surface area contributed by atoms with Crippen molar-refractivity contribution in [3.8, 4) is 0 Å². The molecule has 0 N–H and O–H groups in total. The Morgan fingerprint density at radius 2 is 1.94 bits per heavy atom. The number of aromatic nitrogens is 2. The molecule has 1 aromatic carbocycles. The third-order valence-corrected chi connectivity index (χ3v) is 3.21. The van der Waals surface area contributed by atoms with Gasteiger partial charge in [-0.05, 0) is 18.2 Å². The molecule has 6 heteroatoms. The normalized spacial score (nSPS) is 14.7. The molecule has 0 bridgehead atoms. The van der Waals surface area contributed by atoms with Gasteiger partial charge in [0, 0.05) is 6.21 Å². The molecule has 0 spiro atoms. The van der Waals surface area contributed by atoms with Gasteiger partial charge in [-0.15, -0.1) is 0 Å². The maximum atomic E-state index is 11.5. The van der Waals surface area contributed by atoms with Gasteiger partial charge in [0.15, 0.2) is 0 Å². The number of amides is 1. The molecule has 2 aromatic rings. The van der Waals surface area contributed by atoms with Crippen LogP contribution in [-0.2, 0) is 4.79 Å². The van der Waals surface area contributed by atoms with Crippen LogP contribution in [0.15, 0.2) is 29.5 Å². The number of carbonyl (C=O) groups excluding carboxylic acids is 1. The lowest BCUT2D eigenvalue weighted by Crippen LogP contribution is -2.01. The van der Waals surface area contributed by atoms with Crippen LogP contribution in [0.1, 0.15) is 0 Å². The van der Waals surface area contributed by atoms with Crippen LogP contribution in [0.25, 0.3) is 16.7 Å². The Balaban J connectivity index is 2.25. The molecule has 4 nitrogen and oxygen atoms in total. The second-order valence-corrected chi connectivity index (χ2v) is 4.32. The number of benzene rings is 1. The summed E-state index contributed by atoms with van der Waals surface area (Å²) in [6, 6.07) is 3.34. The monoisotopic (exact) mass is 265 g/mol. The van der Waals surface area contributed by atoms with Crippen molar-refractivity contribution in [2.24, 2.45) is 4.99 Å². The predicted octanol–water partition coefficient (Wildman–Crippen LogP) is 2.80. The van der Waals surface area contributed by atoms with Crippen molar-refractivity contribution in [1.29, 1.82) is 0 Å². The van der Waals surface area contributed by atoms with Crippen LogP contribution in [0.4, 0.5) is 0 Å². The molecule has 84 valence electrons. The molecule has 2 heterocycles. The molecule has 0 fully saturated rings. The van der Waals surface area contributed by atoms with Crippen LogP contribution in [0.2, 0.25) is 10.0 Å². The Labute approximate surface area is 106 Å². The highest BCUT2D eigenvalue weighted by Gasteiger charge is 2.17. The van der Waals surface area contributed by atoms with Gasteiger partial charge in [-0.2, -0.15) is 0 Å². The average Bonchev–Trinajstić information content (AvgIpc) is 2.86. The van der Waals surface area contributed by atoms with E-state index in [1.165, 1.54) is 6.21 Å². The highest BCUT2D eigenvalue weighted by molar-refractivity contribution is 6.42. The van der Waals surface area contributed by atoms with Crippen LogP contribution >= 0.6 is 23.2 Å². The van der Waals surface area contributed by atoms with Gasteiger partial charge >= 0.3 is 0 Å². The topological polar surface area (TPSA) is 47.2 Å². The number of rotatable bonds is 1. The van der Waals surface area contributed by atoms with E-state index in [-0.39, 0.29) is 5.91 Å². The smallest absolute Gasteiger partial charge is 0.294 e. The Hall–Kier alpha value is -1.65. The Morgan fingerprint density at radius 3 is 2.65 bits per heavy atom. The molecule has 3 rings (SSSR count). The average molecular weight is 266 g/mol. The van der Waals surface area contributed by atoms with Crippen molar-refractivity contribution in [1.82, 2.24) is 9.55 Å². The van der Waals surface area contributed by atoms with Gasteiger partial charge in [-0.1, -0.05) is 23.2 Å². The first-order chi connectivity index (χ1) is 8.16. The van der Waals surface area contributed by atoms with Crippen LogP contribution in [0, 0.1) is 0 Å². The van der Waals surface area contributed by atoms with Crippen LogP contribution in [0.3, 0.4) is 0 Å². The van der Waals surface area contributed by atoms with E-state index in [2.05, 4.69) is 9.98 Å². The van der Waals surface area contributed by atoms with Gasteiger partial charge in [0.2, 0.25) is 0 Å². The van der Waals surface area contributed by atoms with Gasteiger partial charge in [-0.3, -0.25) is 9.36 Å².